The second-order valence-electron chi connectivity index (χ2n) is 7.79. The first kappa shape index (κ1) is 23.0. The molecule has 0 bridgehead atoms. The molecule has 31 heavy (non-hydrogen) atoms. The van der Waals surface area contributed by atoms with Crippen molar-refractivity contribution >= 4 is 27.4 Å². The van der Waals surface area contributed by atoms with E-state index in [1.165, 1.54) is 23.4 Å². The molecule has 2 heterocycles. The van der Waals surface area contributed by atoms with Gasteiger partial charge in [0.25, 0.3) is 0 Å². The molecule has 9 heteroatoms. The summed E-state index contributed by atoms with van der Waals surface area (Å²) >= 11 is 0. The molecule has 1 N–H and O–H groups in total. The van der Waals surface area contributed by atoms with Gasteiger partial charge in [-0.25, -0.2) is 17.8 Å². The Morgan fingerprint density at radius 2 is 1.87 bits per heavy atom. The Kier molecular flexibility index (Phi) is 7.48. The van der Waals surface area contributed by atoms with Gasteiger partial charge < -0.3 is 10.2 Å². The molecule has 0 spiro atoms. The van der Waals surface area contributed by atoms with E-state index in [1.807, 2.05) is 13.0 Å². The largest absolute Gasteiger partial charge is 0.356 e. The molecule has 0 atom stereocenters. The third-order valence-electron chi connectivity index (χ3n) is 5.28. The Bertz CT molecular complexity index is 973. The summed E-state index contributed by atoms with van der Waals surface area (Å²) in [6.45, 7) is 5.00. The fourth-order valence-electron chi connectivity index (χ4n) is 3.73. The van der Waals surface area contributed by atoms with Gasteiger partial charge in [-0.2, -0.15) is 0 Å². The van der Waals surface area contributed by atoms with Crippen LogP contribution in [0.5, 0.6) is 0 Å². The average molecular weight is 449 g/mol. The van der Waals surface area contributed by atoms with Crippen LogP contribution in [-0.2, 0) is 21.4 Å². The molecular weight excluding hydrogens is 419 g/mol. The molecule has 0 aliphatic carbocycles. The predicted molar refractivity (Wildman–Crippen MR) is 120 cm³/mol. The minimum absolute atomic E-state index is 0.0181. The number of nitrogens with one attached hydrogen (secondary N) is 1. The van der Waals surface area contributed by atoms with Crippen LogP contribution in [0.15, 0.2) is 42.6 Å². The van der Waals surface area contributed by atoms with Crippen molar-refractivity contribution in [1.29, 1.82) is 0 Å². The van der Waals surface area contributed by atoms with E-state index in [1.54, 1.807) is 24.4 Å². The second kappa shape index (κ2) is 10.1. The van der Waals surface area contributed by atoms with Crippen LogP contribution in [0.25, 0.3) is 0 Å². The summed E-state index contributed by atoms with van der Waals surface area (Å²) in [5.41, 5.74) is 1.18. The number of carbonyl (C=O) groups is 1. The van der Waals surface area contributed by atoms with Gasteiger partial charge in [-0.1, -0.05) is 19.1 Å². The zero-order chi connectivity index (χ0) is 22.4. The smallest absolute Gasteiger partial charge is 0.235 e. The lowest BCUT2D eigenvalue weighted by atomic mass is 10.1. The second-order valence-corrected chi connectivity index (χ2v) is 9.80. The molecule has 168 valence electrons. The van der Waals surface area contributed by atoms with Gasteiger partial charge in [0.05, 0.1) is 24.2 Å². The number of halogens is 1. The Labute approximate surface area is 183 Å². The van der Waals surface area contributed by atoms with E-state index in [2.05, 4.69) is 15.2 Å². The van der Waals surface area contributed by atoms with Crippen LogP contribution in [0.2, 0.25) is 0 Å². The Morgan fingerprint density at radius 1 is 1.19 bits per heavy atom. The van der Waals surface area contributed by atoms with E-state index in [0.29, 0.717) is 17.7 Å². The lowest BCUT2D eigenvalue weighted by molar-refractivity contribution is -0.119. The van der Waals surface area contributed by atoms with Gasteiger partial charge in [0.15, 0.2) is 0 Å². The number of carbonyl (C=O) groups excluding carboxylic acids is 1. The van der Waals surface area contributed by atoms with Crippen LogP contribution < -0.4 is 14.5 Å². The number of pyridine rings is 1. The molecule has 0 saturated carbocycles. The van der Waals surface area contributed by atoms with Crippen molar-refractivity contribution in [2.45, 2.75) is 45.7 Å². The van der Waals surface area contributed by atoms with Crippen molar-refractivity contribution in [2.75, 3.05) is 28.0 Å². The van der Waals surface area contributed by atoms with E-state index >= 15 is 0 Å². The summed E-state index contributed by atoms with van der Waals surface area (Å²) in [4.78, 5) is 17.9. The van der Waals surface area contributed by atoms with E-state index < -0.39 is 10.0 Å². The molecule has 1 saturated heterocycles. The molecule has 1 aromatic carbocycles. The highest BCUT2D eigenvalue weighted by Crippen LogP contribution is 2.25. The lowest BCUT2D eigenvalue weighted by Crippen LogP contribution is -2.44. The quantitative estimate of drug-likeness (QED) is 0.671. The number of rotatable bonds is 8. The number of benzene rings is 1. The molecule has 1 aromatic heterocycles. The SMILES string of the molecule is CCCS(=O)(=O)N(Cc1ccc(F)cc1)c1ccc(N2CCC(NC(C)=O)CC2)nc1. The first-order valence-corrected chi connectivity index (χ1v) is 12.1. The maximum absolute atomic E-state index is 13.2. The van der Waals surface area contributed by atoms with Crippen LogP contribution in [0.3, 0.4) is 0 Å². The zero-order valence-electron chi connectivity index (χ0n) is 17.9. The Balaban J connectivity index is 1.76. The lowest BCUT2D eigenvalue weighted by Gasteiger charge is -2.33. The van der Waals surface area contributed by atoms with E-state index in [9.17, 15) is 17.6 Å². The van der Waals surface area contributed by atoms with Crippen LogP contribution >= 0.6 is 0 Å². The third kappa shape index (κ3) is 6.16. The van der Waals surface area contributed by atoms with Gasteiger partial charge >= 0.3 is 0 Å². The summed E-state index contributed by atoms with van der Waals surface area (Å²) in [6.07, 6.45) is 3.75. The minimum atomic E-state index is -3.54. The van der Waals surface area contributed by atoms with Gasteiger partial charge in [-0.05, 0) is 49.1 Å². The van der Waals surface area contributed by atoms with Crippen molar-refractivity contribution in [1.82, 2.24) is 10.3 Å². The highest BCUT2D eigenvalue weighted by molar-refractivity contribution is 7.92. The Hall–Kier alpha value is -2.68. The molecule has 0 radical (unpaired) electrons. The summed E-state index contributed by atoms with van der Waals surface area (Å²) in [7, 11) is -3.54. The average Bonchev–Trinajstić information content (AvgIpc) is 2.73. The summed E-state index contributed by atoms with van der Waals surface area (Å²) in [6, 6.07) is 9.60. The number of hydrogen-bond donors (Lipinski definition) is 1. The standard InChI is InChI=1S/C22H29FN4O3S/c1-3-14-31(29,30)27(16-18-4-6-19(23)7-5-18)21-8-9-22(24-15-21)26-12-10-20(11-13-26)25-17(2)28/h4-9,15,20H,3,10-14,16H2,1-2H3,(H,25,28). The highest BCUT2D eigenvalue weighted by atomic mass is 32.2. The molecule has 0 unspecified atom stereocenters. The molecule has 1 amide bonds. The monoisotopic (exact) mass is 448 g/mol. The first-order chi connectivity index (χ1) is 14.8. The van der Waals surface area contributed by atoms with Gasteiger partial charge in [-0.15, -0.1) is 0 Å². The van der Waals surface area contributed by atoms with Crippen molar-refractivity contribution in [2.24, 2.45) is 0 Å². The fraction of sp³-hybridized carbons (Fsp3) is 0.455. The van der Waals surface area contributed by atoms with Crippen molar-refractivity contribution in [3.8, 4) is 0 Å². The molecule has 1 aliphatic heterocycles. The maximum Gasteiger partial charge on any atom is 0.235 e. The fourth-order valence-corrected chi connectivity index (χ4v) is 5.24. The van der Waals surface area contributed by atoms with Gasteiger partial charge in [0.1, 0.15) is 11.6 Å². The van der Waals surface area contributed by atoms with Crippen LogP contribution in [-0.4, -0.2) is 44.2 Å². The van der Waals surface area contributed by atoms with Gasteiger partial charge in [-0.3, -0.25) is 9.10 Å². The first-order valence-electron chi connectivity index (χ1n) is 10.5. The normalized spacial score (nSPS) is 15.0. The molecule has 3 rings (SSSR count). The topological polar surface area (TPSA) is 82.6 Å². The zero-order valence-corrected chi connectivity index (χ0v) is 18.7. The molecule has 1 aliphatic rings. The Morgan fingerprint density at radius 3 is 2.42 bits per heavy atom. The minimum Gasteiger partial charge on any atom is -0.356 e. The number of aromatic nitrogens is 1. The number of sulfonamides is 1. The maximum atomic E-state index is 13.2. The van der Waals surface area contributed by atoms with Gasteiger partial charge in [0.2, 0.25) is 15.9 Å². The van der Waals surface area contributed by atoms with Crippen molar-refractivity contribution in [3.05, 3.63) is 54.0 Å². The summed E-state index contributed by atoms with van der Waals surface area (Å²) in [5.74, 6) is 0.419. The van der Waals surface area contributed by atoms with Crippen molar-refractivity contribution in [3.63, 3.8) is 0 Å². The van der Waals surface area contributed by atoms with Crippen molar-refractivity contribution < 1.29 is 17.6 Å². The predicted octanol–water partition coefficient (Wildman–Crippen LogP) is 3.07. The number of amides is 1. The number of hydrogen-bond acceptors (Lipinski definition) is 5. The molecular formula is C22H29FN4O3S. The van der Waals surface area contributed by atoms with E-state index in [-0.39, 0.29) is 30.1 Å². The molecule has 2 aromatic rings. The summed E-state index contributed by atoms with van der Waals surface area (Å²) in [5, 5.41) is 2.95. The molecule has 7 nitrogen and oxygen atoms in total. The number of piperidine rings is 1. The third-order valence-corrected chi connectivity index (χ3v) is 7.22. The molecule has 1 fully saturated rings. The number of anilines is 2. The van der Waals surface area contributed by atoms with Crippen LogP contribution in [0.1, 0.15) is 38.7 Å². The van der Waals surface area contributed by atoms with E-state index in [4.69, 9.17) is 0 Å². The number of nitrogens with zero attached hydrogens (tertiary/aromatic N) is 3. The van der Waals surface area contributed by atoms with Gasteiger partial charge in [0, 0.05) is 26.1 Å². The highest BCUT2D eigenvalue weighted by Gasteiger charge is 2.24. The summed E-state index contributed by atoms with van der Waals surface area (Å²) < 4.78 is 40.4. The van der Waals surface area contributed by atoms with Crippen LogP contribution in [0, 0.1) is 5.82 Å². The van der Waals surface area contributed by atoms with Crippen LogP contribution in [0.4, 0.5) is 15.9 Å². The van der Waals surface area contributed by atoms with E-state index in [0.717, 1.165) is 31.7 Å².